The van der Waals surface area contributed by atoms with Crippen molar-refractivity contribution in [3.05, 3.63) is 93.9 Å². The number of amides is 1. The van der Waals surface area contributed by atoms with Gasteiger partial charge in [-0.2, -0.15) is 4.31 Å². The van der Waals surface area contributed by atoms with Gasteiger partial charge in [-0.25, -0.2) is 8.42 Å². The van der Waals surface area contributed by atoms with Gasteiger partial charge in [-0.3, -0.25) is 9.59 Å². The minimum Gasteiger partial charge on any atom is -0.322 e. The van der Waals surface area contributed by atoms with Gasteiger partial charge in [0.15, 0.2) is 0 Å². The number of carbonyl (C=O) groups is 1. The maximum atomic E-state index is 13.4. The Kier molecular flexibility index (Phi) is 5.42. The van der Waals surface area contributed by atoms with E-state index in [1.165, 1.54) is 16.4 Å². The summed E-state index contributed by atoms with van der Waals surface area (Å²) in [6, 6.07) is 18.8. The van der Waals surface area contributed by atoms with Crippen LogP contribution in [0.2, 0.25) is 0 Å². The number of nitrogens with one attached hydrogen (secondary N) is 1. The molecule has 2 aliphatic heterocycles. The normalized spacial score (nSPS) is 20.2. The van der Waals surface area contributed by atoms with Gasteiger partial charge in [0, 0.05) is 48.6 Å². The first-order chi connectivity index (χ1) is 15.8. The molecule has 5 rings (SSSR count). The summed E-state index contributed by atoms with van der Waals surface area (Å²) >= 11 is 0. The number of hydrogen-bond donors (Lipinski definition) is 1. The molecule has 2 aliphatic rings. The summed E-state index contributed by atoms with van der Waals surface area (Å²) in [6.07, 6.45) is 0.888. The van der Waals surface area contributed by atoms with E-state index in [-0.39, 0.29) is 28.2 Å². The van der Waals surface area contributed by atoms with Gasteiger partial charge >= 0.3 is 0 Å². The third kappa shape index (κ3) is 4.00. The van der Waals surface area contributed by atoms with Gasteiger partial charge in [0.25, 0.3) is 11.5 Å². The number of aryl methyl sites for hydroxylation is 1. The smallest absolute Gasteiger partial charge is 0.255 e. The van der Waals surface area contributed by atoms with Crippen molar-refractivity contribution in [1.29, 1.82) is 0 Å². The van der Waals surface area contributed by atoms with E-state index in [1.54, 1.807) is 41.0 Å². The molecule has 1 saturated heterocycles. The van der Waals surface area contributed by atoms with Gasteiger partial charge in [-0.15, -0.1) is 0 Å². The highest BCUT2D eigenvalue weighted by atomic mass is 32.2. The lowest BCUT2D eigenvalue weighted by atomic mass is 9.84. The van der Waals surface area contributed by atoms with Crippen molar-refractivity contribution in [1.82, 2.24) is 8.87 Å². The quantitative estimate of drug-likeness (QED) is 0.644. The number of anilines is 1. The van der Waals surface area contributed by atoms with Gasteiger partial charge in [-0.1, -0.05) is 24.3 Å². The predicted octanol–water partition coefficient (Wildman–Crippen LogP) is 3.22. The summed E-state index contributed by atoms with van der Waals surface area (Å²) in [7, 11) is -3.69. The van der Waals surface area contributed by atoms with Gasteiger partial charge in [0.1, 0.15) is 0 Å². The molecule has 1 N–H and O–H groups in total. The van der Waals surface area contributed by atoms with Crippen LogP contribution >= 0.6 is 0 Å². The average Bonchev–Trinajstić information content (AvgIpc) is 2.80. The highest BCUT2D eigenvalue weighted by molar-refractivity contribution is 7.89. The van der Waals surface area contributed by atoms with E-state index in [2.05, 4.69) is 5.32 Å². The van der Waals surface area contributed by atoms with E-state index in [4.69, 9.17) is 0 Å². The summed E-state index contributed by atoms with van der Waals surface area (Å²) < 4.78 is 30.1. The fraction of sp³-hybridized carbons (Fsp3) is 0.280. The Morgan fingerprint density at radius 2 is 1.70 bits per heavy atom. The highest BCUT2D eigenvalue weighted by Gasteiger charge is 2.39. The third-order valence-corrected chi connectivity index (χ3v) is 8.43. The van der Waals surface area contributed by atoms with Crippen LogP contribution in [0.25, 0.3) is 0 Å². The first-order valence-corrected chi connectivity index (χ1v) is 12.4. The van der Waals surface area contributed by atoms with Crippen LogP contribution in [0, 0.1) is 12.8 Å². The number of piperidine rings is 1. The molecule has 0 radical (unpaired) electrons. The molecule has 0 saturated carbocycles. The number of pyridine rings is 1. The van der Waals surface area contributed by atoms with Crippen LogP contribution in [-0.4, -0.2) is 36.3 Å². The lowest BCUT2D eigenvalue weighted by Crippen LogP contribution is -2.48. The highest BCUT2D eigenvalue weighted by Crippen LogP contribution is 2.37. The maximum Gasteiger partial charge on any atom is 0.255 e. The molecule has 1 amide bonds. The fourth-order valence-electron chi connectivity index (χ4n) is 4.93. The number of benzene rings is 2. The summed E-state index contributed by atoms with van der Waals surface area (Å²) in [5.41, 5.74) is 2.86. The largest absolute Gasteiger partial charge is 0.322 e. The summed E-state index contributed by atoms with van der Waals surface area (Å²) in [5.74, 6) is -0.117. The zero-order valence-electron chi connectivity index (χ0n) is 18.3. The van der Waals surface area contributed by atoms with Crippen molar-refractivity contribution in [2.24, 2.45) is 5.92 Å². The third-order valence-electron chi connectivity index (χ3n) is 6.59. The fourth-order valence-corrected chi connectivity index (χ4v) is 6.50. The van der Waals surface area contributed by atoms with Gasteiger partial charge in [0.05, 0.1) is 4.90 Å². The van der Waals surface area contributed by atoms with E-state index in [0.717, 1.165) is 17.7 Å². The molecule has 8 heteroatoms. The Hall–Kier alpha value is -3.23. The first kappa shape index (κ1) is 21.6. The number of fused-ring (bicyclic) bond motifs is 4. The molecule has 0 spiro atoms. The molecular weight excluding hydrogens is 438 g/mol. The molecule has 3 heterocycles. The van der Waals surface area contributed by atoms with Crippen LogP contribution in [0.3, 0.4) is 0 Å². The molecule has 2 atom stereocenters. The molecule has 3 aromatic rings. The van der Waals surface area contributed by atoms with Crippen LogP contribution < -0.4 is 10.9 Å². The maximum absolute atomic E-state index is 13.4. The Labute approximate surface area is 192 Å². The second-order valence-electron chi connectivity index (χ2n) is 8.81. The number of nitrogens with zero attached hydrogens (tertiary/aromatic N) is 2. The molecule has 2 aromatic carbocycles. The molecular formula is C25H25N3O4S. The minimum absolute atomic E-state index is 0.00819. The van der Waals surface area contributed by atoms with Gasteiger partial charge < -0.3 is 9.88 Å². The van der Waals surface area contributed by atoms with Crippen molar-refractivity contribution in [2.45, 2.75) is 30.7 Å². The van der Waals surface area contributed by atoms with E-state index < -0.39 is 10.0 Å². The van der Waals surface area contributed by atoms with Gasteiger partial charge in [0.2, 0.25) is 10.0 Å². The number of rotatable bonds is 4. The standard InChI is InChI=1S/C25H25N3O4S/c1-17-5-2-3-6-22(17)25(30)26-20-9-11-21(12-10-20)33(31,32)27-14-18-13-19(16-27)23-7-4-8-24(29)28(23)15-18/h2-12,18-19H,13-16H2,1H3,(H,26,30)/t18-,19+/m1/s1. The van der Waals surface area contributed by atoms with E-state index in [0.29, 0.717) is 30.9 Å². The monoisotopic (exact) mass is 463 g/mol. The molecule has 33 heavy (non-hydrogen) atoms. The molecule has 7 nitrogen and oxygen atoms in total. The lowest BCUT2D eigenvalue weighted by molar-refractivity contribution is 0.102. The molecule has 2 bridgehead atoms. The van der Waals surface area contributed by atoms with E-state index in [1.807, 2.05) is 25.1 Å². The summed E-state index contributed by atoms with van der Waals surface area (Å²) in [4.78, 5) is 24.9. The van der Waals surface area contributed by atoms with Crippen LogP contribution in [0.1, 0.15) is 34.0 Å². The molecule has 1 fully saturated rings. The molecule has 0 unspecified atom stereocenters. The number of aromatic nitrogens is 1. The number of sulfonamides is 1. The van der Waals surface area contributed by atoms with Crippen molar-refractivity contribution < 1.29 is 13.2 Å². The van der Waals surface area contributed by atoms with Crippen LogP contribution in [0.5, 0.6) is 0 Å². The Morgan fingerprint density at radius 1 is 0.939 bits per heavy atom. The second-order valence-corrected chi connectivity index (χ2v) is 10.8. The Bertz CT molecular complexity index is 1380. The zero-order valence-corrected chi connectivity index (χ0v) is 19.1. The van der Waals surface area contributed by atoms with Crippen LogP contribution in [0.15, 0.2) is 76.4 Å². The van der Waals surface area contributed by atoms with E-state index in [9.17, 15) is 18.0 Å². The van der Waals surface area contributed by atoms with Crippen molar-refractivity contribution in [2.75, 3.05) is 18.4 Å². The van der Waals surface area contributed by atoms with Crippen LogP contribution in [0.4, 0.5) is 5.69 Å². The van der Waals surface area contributed by atoms with E-state index >= 15 is 0 Å². The Balaban J connectivity index is 1.34. The predicted molar refractivity (Wildman–Crippen MR) is 126 cm³/mol. The van der Waals surface area contributed by atoms with Gasteiger partial charge in [-0.05, 0) is 61.2 Å². The minimum atomic E-state index is -3.69. The molecule has 170 valence electrons. The van der Waals surface area contributed by atoms with Crippen molar-refractivity contribution in [3.8, 4) is 0 Å². The molecule has 0 aliphatic carbocycles. The Morgan fingerprint density at radius 3 is 2.45 bits per heavy atom. The zero-order chi connectivity index (χ0) is 23.2. The topological polar surface area (TPSA) is 88.5 Å². The summed E-state index contributed by atoms with van der Waals surface area (Å²) in [6.45, 7) is 3.16. The average molecular weight is 464 g/mol. The lowest BCUT2D eigenvalue weighted by Gasteiger charge is -2.42. The number of hydrogen-bond acceptors (Lipinski definition) is 4. The SMILES string of the molecule is Cc1ccccc1C(=O)Nc1ccc(S(=O)(=O)N2C[C@H]3C[C@@H](C2)c2cccc(=O)n2C3)cc1. The second kappa shape index (κ2) is 8.28. The number of carbonyl (C=O) groups excluding carboxylic acids is 1. The van der Waals surface area contributed by atoms with Crippen LogP contribution in [-0.2, 0) is 16.6 Å². The first-order valence-electron chi connectivity index (χ1n) is 11.0. The van der Waals surface area contributed by atoms with Crippen molar-refractivity contribution >= 4 is 21.6 Å². The summed E-state index contributed by atoms with van der Waals surface area (Å²) in [5, 5.41) is 2.83. The van der Waals surface area contributed by atoms with Crippen molar-refractivity contribution in [3.63, 3.8) is 0 Å². The molecule has 1 aromatic heterocycles.